The molecule has 1 heterocycles. The summed E-state index contributed by atoms with van der Waals surface area (Å²) >= 11 is 0. The van der Waals surface area contributed by atoms with E-state index in [1.54, 1.807) is 12.3 Å². The number of amidine groups is 1. The monoisotopic (exact) mass is 251 g/mol. The zero-order valence-corrected chi connectivity index (χ0v) is 11.4. The predicted octanol–water partition coefficient (Wildman–Crippen LogP) is 1.87. The van der Waals surface area contributed by atoms with Gasteiger partial charge in [0.25, 0.3) is 0 Å². The lowest BCUT2D eigenvalue weighted by atomic mass is 10.1. The van der Waals surface area contributed by atoms with E-state index >= 15 is 0 Å². The summed E-state index contributed by atoms with van der Waals surface area (Å²) in [5, 5.41) is 7.52. The number of hydrogen-bond acceptors (Lipinski definition) is 4. The molecular weight excluding hydrogens is 230 g/mol. The second-order valence-electron chi connectivity index (χ2n) is 5.03. The number of nitrogen functional groups attached to an aromatic ring is 1. The zero-order chi connectivity index (χ0) is 13.8. The van der Waals surface area contributed by atoms with Gasteiger partial charge in [0.1, 0.15) is 12.4 Å². The molecule has 0 aromatic carbocycles. The topological polar surface area (TPSA) is 81.2 Å². The van der Waals surface area contributed by atoms with Crippen molar-refractivity contribution in [2.45, 2.75) is 33.3 Å². The Hall–Kier alpha value is -1.62. The largest absolute Gasteiger partial charge is 0.475 e. The minimum atomic E-state index is -0.188. The Morgan fingerprint density at radius 1 is 1.39 bits per heavy atom. The molecule has 5 nitrogen and oxygen atoms in total. The van der Waals surface area contributed by atoms with Gasteiger partial charge in [-0.2, -0.15) is 0 Å². The predicted molar refractivity (Wildman–Crippen MR) is 71.2 cm³/mol. The van der Waals surface area contributed by atoms with Crippen LogP contribution < -0.4 is 10.5 Å². The highest BCUT2D eigenvalue weighted by Gasteiger charge is 2.13. The van der Waals surface area contributed by atoms with E-state index in [2.05, 4.69) is 4.98 Å². The van der Waals surface area contributed by atoms with E-state index in [9.17, 15) is 0 Å². The van der Waals surface area contributed by atoms with Crippen LogP contribution in [0.3, 0.4) is 0 Å². The van der Waals surface area contributed by atoms with Gasteiger partial charge in [-0.1, -0.05) is 0 Å². The maximum atomic E-state index is 7.52. The second kappa shape index (κ2) is 5.82. The molecule has 0 amide bonds. The van der Waals surface area contributed by atoms with Crippen molar-refractivity contribution in [2.24, 2.45) is 5.73 Å². The van der Waals surface area contributed by atoms with E-state index in [0.717, 1.165) is 5.56 Å². The quantitative estimate of drug-likeness (QED) is 0.475. The number of nitrogens with zero attached hydrogens (tertiary/aromatic N) is 1. The fourth-order valence-electron chi connectivity index (χ4n) is 1.46. The van der Waals surface area contributed by atoms with Gasteiger partial charge in [-0.25, -0.2) is 4.98 Å². The van der Waals surface area contributed by atoms with Crippen LogP contribution in [0.15, 0.2) is 12.3 Å². The minimum Gasteiger partial charge on any atom is -0.475 e. The summed E-state index contributed by atoms with van der Waals surface area (Å²) in [6, 6.07) is 1.80. The van der Waals surface area contributed by atoms with E-state index in [1.807, 2.05) is 27.7 Å². The van der Waals surface area contributed by atoms with Gasteiger partial charge in [0.15, 0.2) is 0 Å². The molecule has 0 spiro atoms. The van der Waals surface area contributed by atoms with Gasteiger partial charge < -0.3 is 15.2 Å². The highest BCUT2D eigenvalue weighted by molar-refractivity contribution is 5.98. The Labute approximate surface area is 108 Å². The molecule has 0 saturated carbocycles. The summed E-state index contributed by atoms with van der Waals surface area (Å²) in [4.78, 5) is 4.10. The van der Waals surface area contributed by atoms with Crippen molar-refractivity contribution in [3.8, 4) is 5.88 Å². The van der Waals surface area contributed by atoms with Crippen molar-refractivity contribution in [2.75, 3.05) is 13.2 Å². The first-order chi connectivity index (χ1) is 8.31. The molecule has 0 saturated heterocycles. The molecule has 0 aliphatic carbocycles. The van der Waals surface area contributed by atoms with Gasteiger partial charge in [0, 0.05) is 6.20 Å². The number of pyridine rings is 1. The molecule has 0 radical (unpaired) electrons. The summed E-state index contributed by atoms with van der Waals surface area (Å²) in [6.45, 7) is 8.68. The highest BCUT2D eigenvalue weighted by Crippen LogP contribution is 2.18. The third-order valence-corrected chi connectivity index (χ3v) is 2.25. The average molecular weight is 251 g/mol. The van der Waals surface area contributed by atoms with Gasteiger partial charge in [-0.3, -0.25) is 5.41 Å². The third-order valence-electron chi connectivity index (χ3n) is 2.25. The van der Waals surface area contributed by atoms with Gasteiger partial charge >= 0.3 is 0 Å². The summed E-state index contributed by atoms with van der Waals surface area (Å²) in [6.07, 6.45) is 1.64. The standard InChI is InChI=1S/C13H21N3O2/c1-9-5-6-16-12(10(9)11(14)15)17-7-8-18-13(2,3)4/h5-6H,7-8H2,1-4H3,(H3,14,15). The van der Waals surface area contributed by atoms with Crippen molar-refractivity contribution < 1.29 is 9.47 Å². The van der Waals surface area contributed by atoms with Crippen LogP contribution >= 0.6 is 0 Å². The number of hydrogen-bond donors (Lipinski definition) is 2. The number of aryl methyl sites for hydroxylation is 1. The Balaban J connectivity index is 2.63. The maximum absolute atomic E-state index is 7.52. The molecular formula is C13H21N3O2. The van der Waals surface area contributed by atoms with Crippen molar-refractivity contribution >= 4 is 5.84 Å². The fraction of sp³-hybridized carbons (Fsp3) is 0.538. The van der Waals surface area contributed by atoms with Gasteiger partial charge in [-0.05, 0) is 39.3 Å². The third kappa shape index (κ3) is 4.33. The fourth-order valence-corrected chi connectivity index (χ4v) is 1.46. The number of nitrogens with two attached hydrogens (primary N) is 1. The molecule has 0 bridgehead atoms. The molecule has 0 atom stereocenters. The summed E-state index contributed by atoms with van der Waals surface area (Å²) in [5.41, 5.74) is 6.76. The van der Waals surface area contributed by atoms with Crippen molar-refractivity contribution in [3.05, 3.63) is 23.4 Å². The van der Waals surface area contributed by atoms with E-state index < -0.39 is 0 Å². The lowest BCUT2D eigenvalue weighted by Crippen LogP contribution is -2.23. The first kappa shape index (κ1) is 14.4. The lowest BCUT2D eigenvalue weighted by Gasteiger charge is -2.19. The summed E-state index contributed by atoms with van der Waals surface area (Å²) < 4.78 is 11.1. The first-order valence-corrected chi connectivity index (χ1v) is 5.88. The van der Waals surface area contributed by atoms with E-state index in [4.69, 9.17) is 20.6 Å². The number of aromatic nitrogens is 1. The van der Waals surface area contributed by atoms with Crippen LogP contribution in [0.5, 0.6) is 5.88 Å². The minimum absolute atomic E-state index is 0.0349. The van der Waals surface area contributed by atoms with Crippen LogP contribution in [0.2, 0.25) is 0 Å². The Morgan fingerprint density at radius 2 is 2.06 bits per heavy atom. The number of rotatable bonds is 5. The Kier molecular flexibility index (Phi) is 4.67. The van der Waals surface area contributed by atoms with Crippen LogP contribution in [-0.2, 0) is 4.74 Å². The van der Waals surface area contributed by atoms with Crippen LogP contribution in [-0.4, -0.2) is 29.6 Å². The van der Waals surface area contributed by atoms with Crippen molar-refractivity contribution in [3.63, 3.8) is 0 Å². The molecule has 0 fully saturated rings. The molecule has 18 heavy (non-hydrogen) atoms. The van der Waals surface area contributed by atoms with E-state index in [0.29, 0.717) is 24.7 Å². The first-order valence-electron chi connectivity index (χ1n) is 5.88. The molecule has 1 rings (SSSR count). The van der Waals surface area contributed by atoms with E-state index in [1.165, 1.54) is 0 Å². The van der Waals surface area contributed by atoms with Crippen molar-refractivity contribution in [1.29, 1.82) is 5.41 Å². The summed E-state index contributed by atoms with van der Waals surface area (Å²) in [5.74, 6) is 0.354. The second-order valence-corrected chi connectivity index (χ2v) is 5.03. The normalized spacial score (nSPS) is 11.3. The molecule has 3 N–H and O–H groups in total. The van der Waals surface area contributed by atoms with E-state index in [-0.39, 0.29) is 11.4 Å². The zero-order valence-electron chi connectivity index (χ0n) is 11.4. The number of ether oxygens (including phenoxy) is 2. The Bertz CT molecular complexity index is 425. The average Bonchev–Trinajstić information content (AvgIpc) is 2.22. The molecule has 0 aliphatic heterocycles. The molecule has 1 aromatic rings. The molecule has 100 valence electrons. The summed E-state index contributed by atoms with van der Waals surface area (Å²) in [7, 11) is 0. The molecule has 0 unspecified atom stereocenters. The lowest BCUT2D eigenvalue weighted by molar-refractivity contribution is -0.0168. The van der Waals surface area contributed by atoms with Crippen LogP contribution in [0.1, 0.15) is 31.9 Å². The van der Waals surface area contributed by atoms with Gasteiger partial charge in [-0.15, -0.1) is 0 Å². The molecule has 0 aliphatic rings. The smallest absolute Gasteiger partial charge is 0.224 e. The van der Waals surface area contributed by atoms with Crippen LogP contribution in [0.4, 0.5) is 0 Å². The molecule has 5 heteroatoms. The SMILES string of the molecule is Cc1ccnc(OCCOC(C)(C)C)c1C(=N)N. The highest BCUT2D eigenvalue weighted by atomic mass is 16.5. The van der Waals surface area contributed by atoms with Gasteiger partial charge in [0.05, 0.1) is 17.8 Å². The molecule has 1 aromatic heterocycles. The van der Waals surface area contributed by atoms with Crippen LogP contribution in [0, 0.1) is 12.3 Å². The van der Waals surface area contributed by atoms with Crippen molar-refractivity contribution in [1.82, 2.24) is 4.98 Å². The maximum Gasteiger partial charge on any atom is 0.224 e. The van der Waals surface area contributed by atoms with Crippen LogP contribution in [0.25, 0.3) is 0 Å². The number of nitrogens with one attached hydrogen (secondary N) is 1. The van der Waals surface area contributed by atoms with Gasteiger partial charge in [0.2, 0.25) is 5.88 Å². The Morgan fingerprint density at radius 3 is 2.61 bits per heavy atom.